The average Bonchev–Trinajstić information content (AvgIpc) is 3.47. The van der Waals surface area contributed by atoms with Gasteiger partial charge in [0, 0.05) is 43.3 Å². The van der Waals surface area contributed by atoms with E-state index in [2.05, 4.69) is 26.0 Å². The minimum absolute atomic E-state index is 0.0876. The van der Waals surface area contributed by atoms with Crippen LogP contribution in [0.4, 0.5) is 5.69 Å². The molecule has 1 aromatic carbocycles. The van der Waals surface area contributed by atoms with Gasteiger partial charge in [0.1, 0.15) is 0 Å². The molecular weight excluding hydrogens is 592 g/mol. The molecule has 0 radical (unpaired) electrons. The van der Waals surface area contributed by atoms with Crippen LogP contribution in [0.2, 0.25) is 0 Å². The monoisotopic (exact) mass is 624 g/mol. The predicted octanol–water partition coefficient (Wildman–Crippen LogP) is 3.68. The van der Waals surface area contributed by atoms with Gasteiger partial charge in [-0.25, -0.2) is 13.1 Å². The fraction of sp³-hybridized carbons (Fsp3) is 0.500. The molecule has 2 unspecified atom stereocenters. The second kappa shape index (κ2) is 12.3. The Morgan fingerprint density at radius 1 is 1.16 bits per heavy atom. The van der Waals surface area contributed by atoms with E-state index in [4.69, 9.17) is 0 Å². The number of nitrogens with zero attached hydrogens (tertiary/aromatic N) is 2. The van der Waals surface area contributed by atoms with Crippen molar-refractivity contribution in [2.75, 3.05) is 30.3 Å². The van der Waals surface area contributed by atoms with E-state index in [1.165, 1.54) is 11.3 Å². The average molecular weight is 626 g/mol. The van der Waals surface area contributed by atoms with Crippen LogP contribution in [0.5, 0.6) is 0 Å². The second-order valence-electron chi connectivity index (χ2n) is 9.86. The smallest absolute Gasteiger partial charge is 0.261 e. The summed E-state index contributed by atoms with van der Waals surface area (Å²) in [7, 11) is -3.37. The summed E-state index contributed by atoms with van der Waals surface area (Å²) < 4.78 is 28.3. The van der Waals surface area contributed by atoms with Crippen molar-refractivity contribution in [3.63, 3.8) is 0 Å². The van der Waals surface area contributed by atoms with Gasteiger partial charge in [-0.3, -0.25) is 14.4 Å². The third-order valence-electron chi connectivity index (χ3n) is 6.83. The highest BCUT2D eigenvalue weighted by atomic mass is 79.9. The SMILES string of the molecule is CCCCS(=O)(=O)NC1CCCN(C(=O)c2ccc(N3CC(NC(=O)c4ccc(Br)s4)CC3=O)cc2C)C1. The molecule has 9 nitrogen and oxygen atoms in total. The van der Waals surface area contributed by atoms with E-state index in [-0.39, 0.29) is 42.0 Å². The van der Waals surface area contributed by atoms with E-state index in [0.717, 1.165) is 22.2 Å². The number of carbonyl (C=O) groups is 3. The van der Waals surface area contributed by atoms with Crippen LogP contribution in [0, 0.1) is 6.92 Å². The molecule has 0 aliphatic carbocycles. The van der Waals surface area contributed by atoms with Crippen LogP contribution in [0.1, 0.15) is 64.6 Å². The highest BCUT2D eigenvalue weighted by molar-refractivity contribution is 9.11. The Morgan fingerprint density at radius 3 is 2.63 bits per heavy atom. The van der Waals surface area contributed by atoms with Crippen molar-refractivity contribution in [3.8, 4) is 0 Å². The first kappa shape index (κ1) is 28.7. The fourth-order valence-electron chi connectivity index (χ4n) is 4.88. The molecule has 3 heterocycles. The first-order valence-corrected chi connectivity index (χ1v) is 16.1. The fourth-order valence-corrected chi connectivity index (χ4v) is 7.65. The minimum atomic E-state index is -3.37. The van der Waals surface area contributed by atoms with Gasteiger partial charge in [-0.15, -0.1) is 11.3 Å². The van der Waals surface area contributed by atoms with Crippen LogP contribution in [-0.2, 0) is 14.8 Å². The number of halogens is 1. The Morgan fingerprint density at radius 2 is 1.95 bits per heavy atom. The molecule has 1 aromatic heterocycles. The van der Waals surface area contributed by atoms with Crippen molar-refractivity contribution in [3.05, 3.63) is 50.1 Å². The molecule has 2 N–H and O–H groups in total. The lowest BCUT2D eigenvalue weighted by atomic mass is 10.0. The number of carbonyl (C=O) groups excluding carboxylic acids is 3. The quantitative estimate of drug-likeness (QED) is 0.441. The zero-order valence-corrected chi connectivity index (χ0v) is 24.8. The van der Waals surface area contributed by atoms with Crippen molar-refractivity contribution >= 4 is 60.7 Å². The number of thiophene rings is 1. The topological polar surface area (TPSA) is 116 Å². The lowest BCUT2D eigenvalue weighted by Crippen LogP contribution is -2.50. The summed E-state index contributed by atoms with van der Waals surface area (Å²) in [6.45, 7) is 5.04. The zero-order chi connectivity index (χ0) is 27.4. The third-order valence-corrected chi connectivity index (χ3v) is 9.97. The summed E-state index contributed by atoms with van der Waals surface area (Å²) in [4.78, 5) is 42.5. The lowest BCUT2D eigenvalue weighted by molar-refractivity contribution is -0.117. The molecule has 0 spiro atoms. The van der Waals surface area contributed by atoms with Crippen LogP contribution in [0.3, 0.4) is 0 Å². The molecule has 0 saturated carbocycles. The van der Waals surface area contributed by atoms with Gasteiger partial charge in [0.2, 0.25) is 15.9 Å². The van der Waals surface area contributed by atoms with Crippen molar-refractivity contribution in [1.29, 1.82) is 0 Å². The number of rotatable bonds is 9. The highest BCUT2D eigenvalue weighted by Gasteiger charge is 2.33. The molecule has 206 valence electrons. The summed E-state index contributed by atoms with van der Waals surface area (Å²) in [6, 6.07) is 8.26. The van der Waals surface area contributed by atoms with E-state index in [1.807, 2.05) is 26.0 Å². The Bertz CT molecular complexity index is 1310. The molecule has 2 aliphatic heterocycles. The number of nitrogens with one attached hydrogen (secondary N) is 2. The number of hydrogen-bond donors (Lipinski definition) is 2. The third kappa shape index (κ3) is 7.02. The van der Waals surface area contributed by atoms with Gasteiger partial charge in [-0.1, -0.05) is 13.3 Å². The number of anilines is 1. The molecular formula is C26H33BrN4O5S2. The largest absolute Gasteiger partial charge is 0.346 e. The maximum Gasteiger partial charge on any atom is 0.261 e. The Labute approximate surface area is 236 Å². The van der Waals surface area contributed by atoms with E-state index in [9.17, 15) is 22.8 Å². The van der Waals surface area contributed by atoms with Gasteiger partial charge in [-0.2, -0.15) is 0 Å². The first-order valence-electron chi connectivity index (χ1n) is 12.8. The molecule has 2 fully saturated rings. The first-order chi connectivity index (χ1) is 18.1. The zero-order valence-electron chi connectivity index (χ0n) is 21.5. The molecule has 2 aromatic rings. The standard InChI is InChI=1S/C26H33BrN4O5S2/c1-3-4-12-38(35,36)29-18-6-5-11-30(15-18)26(34)21-8-7-20(13-17(21)2)31-16-19(14-24(31)32)28-25(33)22-9-10-23(27)37-22/h7-10,13,18-19,29H,3-6,11-12,14-16H2,1-2H3,(H,28,33). The van der Waals surface area contributed by atoms with E-state index >= 15 is 0 Å². The van der Waals surface area contributed by atoms with Crippen molar-refractivity contribution < 1.29 is 22.8 Å². The van der Waals surface area contributed by atoms with Crippen LogP contribution in [0.25, 0.3) is 0 Å². The molecule has 2 atom stereocenters. The summed E-state index contributed by atoms with van der Waals surface area (Å²) in [5.74, 6) is -0.341. The molecule has 2 saturated heterocycles. The predicted molar refractivity (Wildman–Crippen MR) is 152 cm³/mol. The Hall–Kier alpha value is -2.28. The molecule has 3 amide bonds. The number of piperidine rings is 1. The molecule has 12 heteroatoms. The van der Waals surface area contributed by atoms with Crippen molar-refractivity contribution in [1.82, 2.24) is 14.9 Å². The molecule has 2 aliphatic rings. The Kier molecular flexibility index (Phi) is 9.27. The maximum atomic E-state index is 13.3. The number of hydrogen-bond acceptors (Lipinski definition) is 6. The number of aryl methyl sites for hydroxylation is 1. The van der Waals surface area contributed by atoms with Crippen molar-refractivity contribution in [2.24, 2.45) is 0 Å². The summed E-state index contributed by atoms with van der Waals surface area (Å²) in [5.41, 5.74) is 1.95. The Balaban J connectivity index is 1.38. The number of likely N-dealkylation sites (tertiary alicyclic amines) is 1. The van der Waals surface area contributed by atoms with Gasteiger partial charge < -0.3 is 15.1 Å². The molecule has 4 rings (SSSR count). The van der Waals surface area contributed by atoms with E-state index in [0.29, 0.717) is 48.6 Å². The van der Waals surface area contributed by atoms with Gasteiger partial charge in [-0.05, 0) is 78.0 Å². The molecule has 38 heavy (non-hydrogen) atoms. The normalized spacial score (nSPS) is 20.1. The van der Waals surface area contributed by atoms with Gasteiger partial charge in [0.25, 0.3) is 11.8 Å². The maximum absolute atomic E-state index is 13.3. The van der Waals surface area contributed by atoms with Gasteiger partial charge in [0.05, 0.1) is 20.5 Å². The minimum Gasteiger partial charge on any atom is -0.346 e. The van der Waals surface area contributed by atoms with Crippen LogP contribution in [-0.4, -0.2) is 68.5 Å². The van der Waals surface area contributed by atoms with E-state index in [1.54, 1.807) is 28.0 Å². The number of sulfonamides is 1. The number of benzene rings is 1. The summed E-state index contributed by atoms with van der Waals surface area (Å²) >= 11 is 4.69. The number of unbranched alkanes of at least 4 members (excludes halogenated alkanes) is 1. The van der Waals surface area contributed by atoms with Crippen LogP contribution in [0.15, 0.2) is 34.1 Å². The van der Waals surface area contributed by atoms with Gasteiger partial charge in [0.15, 0.2) is 0 Å². The van der Waals surface area contributed by atoms with Crippen LogP contribution >= 0.6 is 27.3 Å². The lowest BCUT2D eigenvalue weighted by Gasteiger charge is -2.33. The summed E-state index contributed by atoms with van der Waals surface area (Å²) in [6.07, 6.45) is 3.04. The van der Waals surface area contributed by atoms with Gasteiger partial charge >= 0.3 is 0 Å². The van der Waals surface area contributed by atoms with E-state index < -0.39 is 10.0 Å². The van der Waals surface area contributed by atoms with Crippen molar-refractivity contribution in [2.45, 2.75) is 58.0 Å². The molecule has 0 bridgehead atoms. The second-order valence-corrected chi connectivity index (χ2v) is 14.2. The summed E-state index contributed by atoms with van der Waals surface area (Å²) in [5, 5.41) is 2.94. The van der Waals surface area contributed by atoms with Crippen LogP contribution < -0.4 is 14.9 Å². The highest BCUT2D eigenvalue weighted by Crippen LogP contribution is 2.27. The number of amides is 3.